The van der Waals surface area contributed by atoms with Gasteiger partial charge in [-0.1, -0.05) is 48.5 Å². The molecule has 0 fully saturated rings. The Hall–Kier alpha value is -4.09. The van der Waals surface area contributed by atoms with Crippen molar-refractivity contribution in [3.8, 4) is 11.1 Å². The first-order valence-electron chi connectivity index (χ1n) is 12.5. The zero-order valence-electron chi connectivity index (χ0n) is 22.1. The highest BCUT2D eigenvalue weighted by Crippen LogP contribution is 2.33. The highest BCUT2D eigenvalue weighted by molar-refractivity contribution is 7.98. The van der Waals surface area contributed by atoms with E-state index in [1.807, 2.05) is 36.6 Å². The van der Waals surface area contributed by atoms with Crippen LogP contribution in [0.2, 0.25) is 0 Å². The van der Waals surface area contributed by atoms with Crippen LogP contribution in [0.1, 0.15) is 28.0 Å². The summed E-state index contributed by atoms with van der Waals surface area (Å²) in [5, 5.41) is 12.3. The first-order chi connectivity index (χ1) is 19.2. The molecule has 3 aromatic carbocycles. The second kappa shape index (κ2) is 12.8. The van der Waals surface area contributed by atoms with Crippen LogP contribution in [0, 0.1) is 6.92 Å². The number of H-pyrrole nitrogens is 1. The molecule has 40 heavy (non-hydrogen) atoms. The molecule has 4 rings (SSSR count). The van der Waals surface area contributed by atoms with E-state index < -0.39 is 27.9 Å². The number of carboxylic acid groups (broad SMARTS) is 1. The summed E-state index contributed by atoms with van der Waals surface area (Å²) in [5.74, 6) is -1.10. The van der Waals surface area contributed by atoms with Gasteiger partial charge in [0.1, 0.15) is 6.04 Å². The minimum absolute atomic E-state index is 0.0216. The zero-order chi connectivity index (χ0) is 28.7. The Morgan fingerprint density at radius 2 is 1.80 bits per heavy atom. The number of benzene rings is 3. The average molecular weight is 579 g/mol. The van der Waals surface area contributed by atoms with Crippen molar-refractivity contribution in [2.75, 3.05) is 16.3 Å². The molecule has 3 N–H and O–H groups in total. The van der Waals surface area contributed by atoms with Crippen LogP contribution in [0.3, 0.4) is 0 Å². The number of imidazole rings is 1. The second-order valence-corrected chi connectivity index (χ2v) is 11.9. The second-order valence-electron chi connectivity index (χ2n) is 9.10. The van der Waals surface area contributed by atoms with Crippen LogP contribution in [0.4, 0.5) is 5.69 Å². The number of thioether (sulfide) groups is 1. The smallest absolute Gasteiger partial charge is 0.326 e. The van der Waals surface area contributed by atoms with Gasteiger partial charge in [-0.25, -0.2) is 18.2 Å². The summed E-state index contributed by atoms with van der Waals surface area (Å²) in [6, 6.07) is 19.5. The molecule has 0 saturated heterocycles. The Morgan fingerprint density at radius 3 is 2.45 bits per heavy atom. The van der Waals surface area contributed by atoms with Crippen LogP contribution in [-0.4, -0.2) is 53.4 Å². The zero-order valence-corrected chi connectivity index (χ0v) is 23.7. The molecule has 0 saturated carbocycles. The third-order valence-corrected chi connectivity index (χ3v) is 8.94. The van der Waals surface area contributed by atoms with Crippen molar-refractivity contribution in [1.29, 1.82) is 0 Å². The molecule has 1 amide bonds. The maximum Gasteiger partial charge on any atom is 0.326 e. The topological polar surface area (TPSA) is 132 Å². The quantitative estimate of drug-likeness (QED) is 0.222. The molecule has 1 heterocycles. The Balaban J connectivity index is 1.83. The maximum absolute atomic E-state index is 14.0. The van der Waals surface area contributed by atoms with Gasteiger partial charge in [0.05, 0.1) is 29.1 Å². The molecule has 9 nitrogen and oxygen atoms in total. The molecule has 0 aliphatic carbocycles. The van der Waals surface area contributed by atoms with Gasteiger partial charge in [0.2, 0.25) is 0 Å². The monoisotopic (exact) mass is 578 g/mol. The molecule has 11 heteroatoms. The number of hydrogen-bond acceptors (Lipinski definition) is 6. The molecule has 1 aromatic heterocycles. The van der Waals surface area contributed by atoms with Crippen molar-refractivity contribution in [2.45, 2.75) is 30.8 Å². The van der Waals surface area contributed by atoms with Crippen LogP contribution in [-0.2, 0) is 21.4 Å². The number of rotatable bonds is 12. The highest BCUT2D eigenvalue weighted by atomic mass is 32.2. The first-order valence-corrected chi connectivity index (χ1v) is 15.3. The largest absolute Gasteiger partial charge is 0.480 e. The first kappa shape index (κ1) is 28.9. The summed E-state index contributed by atoms with van der Waals surface area (Å²) < 4.78 is 29.3. The number of carbonyl (C=O) groups excluding carboxylic acids is 1. The van der Waals surface area contributed by atoms with E-state index in [9.17, 15) is 23.1 Å². The van der Waals surface area contributed by atoms with Gasteiger partial charge in [-0.2, -0.15) is 11.8 Å². The summed E-state index contributed by atoms with van der Waals surface area (Å²) >= 11 is 1.49. The Bertz CT molecular complexity index is 1580. The van der Waals surface area contributed by atoms with Crippen LogP contribution in [0.25, 0.3) is 11.1 Å². The fourth-order valence-electron chi connectivity index (χ4n) is 4.28. The van der Waals surface area contributed by atoms with Gasteiger partial charge in [0.25, 0.3) is 15.9 Å². The number of aryl methyl sites for hydroxylation is 1. The molecule has 0 unspecified atom stereocenters. The summed E-state index contributed by atoms with van der Waals surface area (Å²) in [6.45, 7) is 1.71. The number of aromatic nitrogens is 2. The van der Waals surface area contributed by atoms with Gasteiger partial charge >= 0.3 is 5.97 Å². The summed E-state index contributed by atoms with van der Waals surface area (Å²) in [4.78, 5) is 32.3. The number of nitrogens with one attached hydrogen (secondary N) is 2. The van der Waals surface area contributed by atoms with E-state index in [2.05, 4.69) is 15.3 Å². The number of hydrogen-bond donors (Lipinski definition) is 3. The van der Waals surface area contributed by atoms with Gasteiger partial charge in [0.15, 0.2) is 0 Å². The third kappa shape index (κ3) is 6.54. The Kier molecular flexibility index (Phi) is 9.28. The molecule has 0 bridgehead atoms. The number of nitrogens with zero attached hydrogens (tertiary/aromatic N) is 2. The van der Waals surface area contributed by atoms with E-state index >= 15 is 0 Å². The molecule has 0 aliphatic rings. The number of aromatic amines is 1. The minimum atomic E-state index is -4.03. The number of aliphatic carboxylic acids is 1. The number of amides is 1. The van der Waals surface area contributed by atoms with E-state index in [4.69, 9.17) is 0 Å². The minimum Gasteiger partial charge on any atom is -0.480 e. The Labute approximate surface area is 237 Å². The fourth-order valence-corrected chi connectivity index (χ4v) is 6.41. The molecule has 208 valence electrons. The molecule has 4 aromatic rings. The number of sulfonamides is 1. The highest BCUT2D eigenvalue weighted by Gasteiger charge is 2.29. The van der Waals surface area contributed by atoms with Crippen molar-refractivity contribution in [2.24, 2.45) is 0 Å². The van der Waals surface area contributed by atoms with Gasteiger partial charge in [-0.15, -0.1) is 0 Å². The van der Waals surface area contributed by atoms with Crippen LogP contribution in [0.5, 0.6) is 0 Å². The van der Waals surface area contributed by atoms with Gasteiger partial charge < -0.3 is 15.4 Å². The van der Waals surface area contributed by atoms with E-state index in [0.29, 0.717) is 33.8 Å². The van der Waals surface area contributed by atoms with Crippen molar-refractivity contribution in [3.05, 3.63) is 102 Å². The van der Waals surface area contributed by atoms with E-state index in [-0.39, 0.29) is 23.4 Å². The predicted molar refractivity (Wildman–Crippen MR) is 157 cm³/mol. The molecule has 0 radical (unpaired) electrons. The lowest BCUT2D eigenvalue weighted by molar-refractivity contribution is -0.139. The van der Waals surface area contributed by atoms with Gasteiger partial charge in [0, 0.05) is 11.8 Å². The van der Waals surface area contributed by atoms with E-state index in [1.54, 1.807) is 49.5 Å². The summed E-state index contributed by atoms with van der Waals surface area (Å²) in [6.07, 6.45) is 5.17. The molecule has 0 spiro atoms. The van der Waals surface area contributed by atoms with E-state index in [1.165, 1.54) is 28.5 Å². The SMILES string of the molecule is CSCC[C@H](NC(=O)c1ccc(N(Cc2cnc[nH]2)S(=O)(=O)c2ccccc2C)cc1-c1ccccc1)C(=O)O. The standard InChI is InChI=1S/C29H30N4O5S2/c1-20-8-6-7-11-27(20)40(37,38)33(18-22-17-30-19-31-22)23-12-13-24(25(16-23)21-9-4-3-5-10-21)28(34)32-26(29(35)36)14-15-39-2/h3-13,16-17,19,26H,14-15,18H2,1-2H3,(H,30,31)(H,32,34)(H,35,36)/t26-/m0/s1. The summed E-state index contributed by atoms with van der Waals surface area (Å²) in [5.41, 5.74) is 2.91. The normalized spacial score (nSPS) is 12.1. The van der Waals surface area contributed by atoms with Crippen molar-refractivity contribution >= 4 is 39.3 Å². The van der Waals surface area contributed by atoms with Gasteiger partial charge in [-0.3, -0.25) is 9.10 Å². The van der Waals surface area contributed by atoms with Crippen LogP contribution >= 0.6 is 11.8 Å². The van der Waals surface area contributed by atoms with E-state index in [0.717, 1.165) is 0 Å². The third-order valence-electron chi connectivity index (χ3n) is 6.37. The lowest BCUT2D eigenvalue weighted by atomic mass is 9.98. The summed E-state index contributed by atoms with van der Waals surface area (Å²) in [7, 11) is -4.03. The molecule has 0 aliphatic heterocycles. The average Bonchev–Trinajstić information content (AvgIpc) is 3.47. The lowest BCUT2D eigenvalue weighted by Crippen LogP contribution is -2.41. The van der Waals surface area contributed by atoms with Crippen molar-refractivity contribution in [1.82, 2.24) is 15.3 Å². The van der Waals surface area contributed by atoms with Crippen LogP contribution in [0.15, 0.2) is 90.2 Å². The molecular formula is C29H30N4O5S2. The van der Waals surface area contributed by atoms with Crippen LogP contribution < -0.4 is 9.62 Å². The number of carbonyl (C=O) groups is 2. The maximum atomic E-state index is 14.0. The number of carboxylic acids is 1. The molecule has 1 atom stereocenters. The van der Waals surface area contributed by atoms with Crippen molar-refractivity contribution < 1.29 is 23.1 Å². The van der Waals surface area contributed by atoms with Gasteiger partial charge in [-0.05, 0) is 66.3 Å². The Morgan fingerprint density at radius 1 is 1.07 bits per heavy atom. The predicted octanol–water partition coefficient (Wildman–Crippen LogP) is 4.72. The lowest BCUT2D eigenvalue weighted by Gasteiger charge is -2.26. The molecular weight excluding hydrogens is 548 g/mol. The van der Waals surface area contributed by atoms with Crippen molar-refractivity contribution in [3.63, 3.8) is 0 Å². The number of anilines is 1. The fraction of sp³-hybridized carbons (Fsp3) is 0.207.